The van der Waals surface area contributed by atoms with Gasteiger partial charge in [-0.3, -0.25) is 9.59 Å². The van der Waals surface area contributed by atoms with Gasteiger partial charge >= 0.3 is 0 Å². The number of Topliss-reactive ketones (excluding diaryl/α,β-unsaturated/α-hetero) is 1. The van der Waals surface area contributed by atoms with Crippen LogP contribution in [0.4, 0.5) is 0 Å². The molecule has 0 spiro atoms. The average molecular weight is 473 g/mol. The number of hydrogen-bond donors (Lipinski definition) is 1. The topological polar surface area (TPSA) is 90.5 Å². The molecule has 2 aromatic carbocycles. The monoisotopic (exact) mass is 472 g/mol. The van der Waals surface area contributed by atoms with Crippen LogP contribution in [-0.2, 0) is 6.42 Å². The Labute approximate surface area is 199 Å². The maximum Gasteiger partial charge on any atom is 0.258 e. The molecule has 1 N–H and O–H groups in total. The van der Waals surface area contributed by atoms with Crippen LogP contribution in [-0.4, -0.2) is 29.7 Å². The number of H-pyrrole nitrogens is 1. The van der Waals surface area contributed by atoms with E-state index in [0.29, 0.717) is 46.2 Å². The van der Waals surface area contributed by atoms with E-state index in [2.05, 4.69) is 9.97 Å². The van der Waals surface area contributed by atoms with E-state index in [-0.39, 0.29) is 24.1 Å². The van der Waals surface area contributed by atoms with Gasteiger partial charge in [0.15, 0.2) is 17.3 Å². The Bertz CT molecular complexity index is 1470. The Morgan fingerprint density at radius 2 is 1.82 bits per heavy atom. The lowest BCUT2D eigenvalue weighted by atomic mass is 9.81. The van der Waals surface area contributed by atoms with Crippen LogP contribution in [0, 0.1) is 0 Å². The van der Waals surface area contributed by atoms with Crippen LogP contribution >= 0.6 is 11.3 Å². The Morgan fingerprint density at radius 1 is 1.00 bits per heavy atom. The minimum atomic E-state index is -0.242. The molecule has 2 aliphatic rings. The number of thiazole rings is 1. The second kappa shape index (κ2) is 8.14. The van der Waals surface area contributed by atoms with Crippen LogP contribution in [0.15, 0.2) is 58.7 Å². The number of methoxy groups -OCH3 is 1. The first kappa shape index (κ1) is 20.7. The smallest absolute Gasteiger partial charge is 0.258 e. The molecule has 0 unspecified atom stereocenters. The number of aromatic nitrogens is 2. The standard InChI is InChI=1S/C26H20N2O5S/c1-31-17-5-2-14(3-6-17)16-8-20-18(22(29)9-16)11-19(25(30)27-20)26-28-21(12-34-26)15-4-7-23-24(10-15)33-13-32-23/h2-7,10-12,16H,8-9,13H2,1H3,(H,27,30)/t16-/m0/s1. The fourth-order valence-corrected chi connectivity index (χ4v) is 5.33. The summed E-state index contributed by atoms with van der Waals surface area (Å²) in [5.74, 6) is 2.19. The summed E-state index contributed by atoms with van der Waals surface area (Å²) in [6.45, 7) is 0.207. The Hall–Kier alpha value is -3.91. The molecule has 0 radical (unpaired) electrons. The molecule has 0 fully saturated rings. The second-order valence-corrected chi connectivity index (χ2v) is 9.17. The van der Waals surface area contributed by atoms with E-state index in [9.17, 15) is 9.59 Å². The number of carbonyl (C=O) groups excluding carboxylic acids is 1. The highest BCUT2D eigenvalue weighted by molar-refractivity contribution is 7.13. The van der Waals surface area contributed by atoms with Gasteiger partial charge < -0.3 is 19.2 Å². The van der Waals surface area contributed by atoms with Crippen molar-refractivity contribution in [2.24, 2.45) is 0 Å². The van der Waals surface area contributed by atoms with E-state index in [1.165, 1.54) is 11.3 Å². The molecule has 4 aromatic rings. The van der Waals surface area contributed by atoms with Crippen LogP contribution in [0.2, 0.25) is 0 Å². The van der Waals surface area contributed by atoms with Crippen LogP contribution in [0.5, 0.6) is 17.2 Å². The third-order valence-corrected chi connectivity index (χ3v) is 7.17. The van der Waals surface area contributed by atoms with Gasteiger partial charge in [0.25, 0.3) is 5.56 Å². The van der Waals surface area contributed by atoms with Gasteiger partial charge in [0.1, 0.15) is 10.8 Å². The molecule has 2 aromatic heterocycles. The van der Waals surface area contributed by atoms with Crippen molar-refractivity contribution < 1.29 is 19.0 Å². The van der Waals surface area contributed by atoms with Gasteiger partial charge in [0.05, 0.1) is 18.4 Å². The summed E-state index contributed by atoms with van der Waals surface area (Å²) in [5.41, 5.74) is 4.08. The highest BCUT2D eigenvalue weighted by atomic mass is 32.1. The lowest BCUT2D eigenvalue weighted by Crippen LogP contribution is -2.24. The number of hydrogen-bond acceptors (Lipinski definition) is 7. The molecule has 1 aliphatic carbocycles. The Morgan fingerprint density at radius 3 is 2.65 bits per heavy atom. The SMILES string of the molecule is COc1ccc([C@@H]2CC(=O)c3cc(-c4nc(-c5ccc6c(c5)OCO6)cs4)c(=O)[nH]c3C2)cc1. The molecule has 0 bridgehead atoms. The zero-order valence-corrected chi connectivity index (χ0v) is 19.1. The van der Waals surface area contributed by atoms with Crippen LogP contribution in [0.3, 0.4) is 0 Å². The minimum absolute atomic E-state index is 0.0184. The third-order valence-electron chi connectivity index (χ3n) is 6.30. The van der Waals surface area contributed by atoms with Gasteiger partial charge in [-0.2, -0.15) is 0 Å². The molecule has 170 valence electrons. The molecule has 34 heavy (non-hydrogen) atoms. The molecule has 1 atom stereocenters. The fraction of sp³-hybridized carbons (Fsp3) is 0.192. The van der Waals surface area contributed by atoms with Crippen molar-refractivity contribution in [2.45, 2.75) is 18.8 Å². The molecule has 8 heteroatoms. The summed E-state index contributed by atoms with van der Waals surface area (Å²) in [6.07, 6.45) is 0.994. The third kappa shape index (κ3) is 3.56. The van der Waals surface area contributed by atoms with Gasteiger partial charge in [-0.05, 0) is 54.3 Å². The van der Waals surface area contributed by atoms with Crippen LogP contribution < -0.4 is 19.8 Å². The molecule has 1 aliphatic heterocycles. The van der Waals surface area contributed by atoms with Crippen molar-refractivity contribution in [3.63, 3.8) is 0 Å². The summed E-state index contributed by atoms with van der Waals surface area (Å²) < 4.78 is 16.0. The molecule has 6 rings (SSSR count). The minimum Gasteiger partial charge on any atom is -0.497 e. The maximum atomic E-state index is 13.0. The summed E-state index contributed by atoms with van der Waals surface area (Å²) in [6, 6.07) is 15.1. The molecule has 3 heterocycles. The van der Waals surface area contributed by atoms with Gasteiger partial charge in [0, 0.05) is 28.6 Å². The van der Waals surface area contributed by atoms with Crippen molar-refractivity contribution in [1.29, 1.82) is 0 Å². The van der Waals surface area contributed by atoms with Crippen LogP contribution in [0.25, 0.3) is 21.8 Å². The second-order valence-electron chi connectivity index (χ2n) is 8.31. The number of carbonyl (C=O) groups is 1. The first-order valence-electron chi connectivity index (χ1n) is 10.9. The lowest BCUT2D eigenvalue weighted by molar-refractivity contribution is 0.0963. The highest BCUT2D eigenvalue weighted by Gasteiger charge is 2.28. The molecule has 0 saturated carbocycles. The highest BCUT2D eigenvalue weighted by Crippen LogP contribution is 2.38. The van der Waals surface area contributed by atoms with Crippen molar-refractivity contribution in [3.8, 4) is 39.1 Å². The first-order valence-corrected chi connectivity index (χ1v) is 11.8. The number of nitrogens with one attached hydrogen (secondary N) is 1. The number of benzene rings is 2. The van der Waals surface area contributed by atoms with Gasteiger partial charge in [-0.25, -0.2) is 4.98 Å². The number of nitrogens with zero attached hydrogens (tertiary/aromatic N) is 1. The quantitative estimate of drug-likeness (QED) is 0.458. The van der Waals surface area contributed by atoms with Crippen molar-refractivity contribution in [2.75, 3.05) is 13.9 Å². The summed E-state index contributed by atoms with van der Waals surface area (Å²) in [7, 11) is 1.62. The summed E-state index contributed by atoms with van der Waals surface area (Å²) in [5, 5.41) is 2.47. The van der Waals surface area contributed by atoms with Gasteiger partial charge in [-0.15, -0.1) is 11.3 Å². The van der Waals surface area contributed by atoms with E-state index < -0.39 is 0 Å². The average Bonchev–Trinajstić information content (AvgIpc) is 3.53. The zero-order valence-electron chi connectivity index (χ0n) is 18.3. The maximum absolute atomic E-state index is 13.0. The first-order chi connectivity index (χ1) is 16.6. The Balaban J connectivity index is 1.30. The number of rotatable bonds is 4. The molecule has 0 amide bonds. The number of ketones is 1. The summed E-state index contributed by atoms with van der Waals surface area (Å²) in [4.78, 5) is 33.6. The number of aromatic amines is 1. The van der Waals surface area contributed by atoms with Crippen molar-refractivity contribution in [3.05, 3.63) is 81.1 Å². The van der Waals surface area contributed by atoms with E-state index >= 15 is 0 Å². The van der Waals surface area contributed by atoms with Gasteiger partial charge in [0.2, 0.25) is 6.79 Å². The van der Waals surface area contributed by atoms with Crippen molar-refractivity contribution in [1.82, 2.24) is 9.97 Å². The van der Waals surface area contributed by atoms with Crippen molar-refractivity contribution >= 4 is 17.1 Å². The van der Waals surface area contributed by atoms with Gasteiger partial charge in [-0.1, -0.05) is 12.1 Å². The predicted molar refractivity (Wildman–Crippen MR) is 128 cm³/mol. The molecular formula is C26H20N2O5S. The van der Waals surface area contributed by atoms with E-state index in [1.807, 2.05) is 47.8 Å². The largest absolute Gasteiger partial charge is 0.497 e. The number of pyridine rings is 1. The van der Waals surface area contributed by atoms with E-state index in [1.54, 1.807) is 13.2 Å². The Kier molecular flexibility index (Phi) is 4.95. The van der Waals surface area contributed by atoms with Crippen LogP contribution in [0.1, 0.15) is 34.0 Å². The predicted octanol–water partition coefficient (Wildman–Crippen LogP) is 4.82. The lowest BCUT2D eigenvalue weighted by Gasteiger charge is -2.24. The number of ether oxygens (including phenoxy) is 3. The summed E-state index contributed by atoms with van der Waals surface area (Å²) >= 11 is 1.37. The van der Waals surface area contributed by atoms with E-state index in [4.69, 9.17) is 14.2 Å². The zero-order chi connectivity index (χ0) is 23.2. The molecule has 7 nitrogen and oxygen atoms in total. The molecular weight excluding hydrogens is 452 g/mol. The molecule has 0 saturated heterocycles. The number of fused-ring (bicyclic) bond motifs is 2. The van der Waals surface area contributed by atoms with E-state index in [0.717, 1.165) is 22.6 Å². The normalized spacial score (nSPS) is 16.4. The fourth-order valence-electron chi connectivity index (χ4n) is 4.49.